The molecule has 2 unspecified atom stereocenters. The quantitative estimate of drug-likeness (QED) is 0.673. The minimum Gasteiger partial charge on any atom is -0.480 e. The molecule has 3 rings (SSSR count). The van der Waals surface area contributed by atoms with Gasteiger partial charge in [0, 0.05) is 13.0 Å². The number of hydrogen-bond acceptors (Lipinski definition) is 3. The summed E-state index contributed by atoms with van der Waals surface area (Å²) in [5.74, 6) is -1.56. The number of aryl methyl sites for hydroxylation is 1. The fraction of sp³-hybridized carbons (Fsp3) is 0.375. The molecule has 0 aromatic heterocycles. The van der Waals surface area contributed by atoms with E-state index in [-0.39, 0.29) is 18.9 Å². The second-order valence-electron chi connectivity index (χ2n) is 8.29. The van der Waals surface area contributed by atoms with Crippen molar-refractivity contribution in [2.45, 2.75) is 52.2 Å². The van der Waals surface area contributed by atoms with Gasteiger partial charge in [0.2, 0.25) is 0 Å². The molecule has 0 saturated carbocycles. The Hall–Kier alpha value is -3.15. The van der Waals surface area contributed by atoms with E-state index in [1.54, 1.807) is 0 Å². The van der Waals surface area contributed by atoms with Gasteiger partial charge in [-0.15, -0.1) is 0 Å². The zero-order valence-corrected chi connectivity index (χ0v) is 17.6. The molecule has 6 nitrogen and oxygen atoms in total. The molecule has 158 valence electrons. The van der Waals surface area contributed by atoms with Gasteiger partial charge in [0.25, 0.3) is 5.91 Å². The van der Waals surface area contributed by atoms with Gasteiger partial charge < -0.3 is 10.0 Å². The molecular formula is C24H28N2O4. The monoisotopic (exact) mass is 408 g/mol. The van der Waals surface area contributed by atoms with Gasteiger partial charge in [-0.1, -0.05) is 74.0 Å². The molecule has 30 heavy (non-hydrogen) atoms. The summed E-state index contributed by atoms with van der Waals surface area (Å²) in [6, 6.07) is 14.8. The van der Waals surface area contributed by atoms with E-state index in [4.69, 9.17) is 0 Å². The molecule has 1 aliphatic heterocycles. The summed E-state index contributed by atoms with van der Waals surface area (Å²) in [4.78, 5) is 41.0. The largest absolute Gasteiger partial charge is 0.480 e. The number of rotatable bonds is 8. The smallest absolute Gasteiger partial charge is 0.328 e. The first-order valence-corrected chi connectivity index (χ1v) is 10.2. The highest BCUT2D eigenvalue weighted by molar-refractivity contribution is 6.07. The lowest BCUT2D eigenvalue weighted by molar-refractivity contribution is -0.147. The van der Waals surface area contributed by atoms with Crippen molar-refractivity contribution in [3.63, 3.8) is 0 Å². The summed E-state index contributed by atoms with van der Waals surface area (Å²) < 4.78 is 0. The molecule has 0 bridgehead atoms. The topological polar surface area (TPSA) is 77.9 Å². The van der Waals surface area contributed by atoms with Crippen molar-refractivity contribution in [2.24, 2.45) is 5.92 Å². The average Bonchev–Trinajstić information content (AvgIpc) is 2.92. The Morgan fingerprint density at radius 3 is 2.20 bits per heavy atom. The predicted octanol–water partition coefficient (Wildman–Crippen LogP) is 3.87. The van der Waals surface area contributed by atoms with E-state index >= 15 is 0 Å². The molecule has 2 atom stereocenters. The van der Waals surface area contributed by atoms with Crippen LogP contribution in [-0.4, -0.2) is 44.9 Å². The highest BCUT2D eigenvalue weighted by atomic mass is 16.4. The van der Waals surface area contributed by atoms with E-state index in [1.807, 2.05) is 75.4 Å². The third-order valence-electron chi connectivity index (χ3n) is 5.39. The summed E-state index contributed by atoms with van der Waals surface area (Å²) in [5, 5.41) is 9.74. The van der Waals surface area contributed by atoms with E-state index in [1.165, 1.54) is 4.90 Å². The molecule has 2 aromatic carbocycles. The van der Waals surface area contributed by atoms with Crippen molar-refractivity contribution in [3.8, 4) is 0 Å². The summed E-state index contributed by atoms with van der Waals surface area (Å²) in [5.41, 5.74) is 2.93. The van der Waals surface area contributed by atoms with Crippen LogP contribution in [0.25, 0.3) is 0 Å². The first kappa shape index (κ1) is 21.6. The molecule has 1 N–H and O–H groups in total. The Balaban J connectivity index is 1.95. The molecule has 3 amide bonds. The van der Waals surface area contributed by atoms with E-state index < -0.39 is 30.0 Å². The van der Waals surface area contributed by atoms with E-state index in [9.17, 15) is 19.5 Å². The second kappa shape index (κ2) is 9.11. The van der Waals surface area contributed by atoms with Crippen LogP contribution in [0.5, 0.6) is 0 Å². The Morgan fingerprint density at radius 1 is 1.00 bits per heavy atom. The summed E-state index contributed by atoms with van der Waals surface area (Å²) in [7, 11) is 0. The van der Waals surface area contributed by atoms with Crippen LogP contribution >= 0.6 is 0 Å². The van der Waals surface area contributed by atoms with Gasteiger partial charge in [0.05, 0.1) is 0 Å². The van der Waals surface area contributed by atoms with Crippen LogP contribution in [0, 0.1) is 12.8 Å². The van der Waals surface area contributed by atoms with Crippen molar-refractivity contribution >= 4 is 17.9 Å². The number of hydrogen-bond donors (Lipinski definition) is 1. The predicted molar refractivity (Wildman–Crippen MR) is 114 cm³/mol. The first-order valence-electron chi connectivity index (χ1n) is 10.2. The van der Waals surface area contributed by atoms with Crippen LogP contribution in [0.4, 0.5) is 4.79 Å². The highest BCUT2D eigenvalue weighted by Gasteiger charge is 2.49. The van der Waals surface area contributed by atoms with Crippen molar-refractivity contribution in [3.05, 3.63) is 71.3 Å². The molecule has 1 saturated heterocycles. The Kier molecular flexibility index (Phi) is 6.55. The molecule has 1 aliphatic rings. The number of carboxylic acids is 1. The fourth-order valence-corrected chi connectivity index (χ4v) is 3.81. The number of benzene rings is 2. The SMILES string of the molecule is Cc1ccc(CN2C(=O)N(C(CC(C)C)C(=O)O)C(=O)C2Cc2ccccc2)cc1. The third kappa shape index (κ3) is 4.70. The molecule has 0 radical (unpaired) electrons. The van der Waals surface area contributed by atoms with Gasteiger partial charge in [0.15, 0.2) is 0 Å². The van der Waals surface area contributed by atoms with Gasteiger partial charge in [-0.3, -0.25) is 4.79 Å². The second-order valence-corrected chi connectivity index (χ2v) is 8.29. The number of carbonyl (C=O) groups is 3. The number of carboxylic acid groups (broad SMARTS) is 1. The standard InChI is InChI=1S/C24H28N2O4/c1-16(2)13-21(23(28)29)26-22(27)20(14-18-7-5-4-6-8-18)25(24(26)30)15-19-11-9-17(3)10-12-19/h4-12,16,20-21H,13-15H2,1-3H3,(H,28,29). The number of carbonyl (C=O) groups excluding carboxylic acids is 2. The third-order valence-corrected chi connectivity index (χ3v) is 5.39. The van der Waals surface area contributed by atoms with Gasteiger partial charge in [0.1, 0.15) is 12.1 Å². The number of aliphatic carboxylic acids is 1. The van der Waals surface area contributed by atoms with Crippen LogP contribution in [-0.2, 0) is 22.6 Å². The van der Waals surface area contributed by atoms with E-state index in [0.29, 0.717) is 6.42 Å². The number of urea groups is 1. The Labute approximate surface area is 177 Å². The van der Waals surface area contributed by atoms with Crippen molar-refractivity contribution in [1.29, 1.82) is 0 Å². The Morgan fingerprint density at radius 2 is 1.63 bits per heavy atom. The van der Waals surface area contributed by atoms with Crippen molar-refractivity contribution < 1.29 is 19.5 Å². The maximum absolute atomic E-state index is 13.3. The number of imide groups is 1. The van der Waals surface area contributed by atoms with E-state index in [2.05, 4.69) is 0 Å². The minimum atomic E-state index is -1.16. The molecule has 0 aliphatic carbocycles. The molecule has 6 heteroatoms. The summed E-state index contributed by atoms with van der Waals surface area (Å²) >= 11 is 0. The maximum atomic E-state index is 13.3. The van der Waals surface area contributed by atoms with Crippen molar-refractivity contribution in [2.75, 3.05) is 0 Å². The van der Waals surface area contributed by atoms with Crippen LogP contribution in [0.3, 0.4) is 0 Å². The number of nitrogens with zero attached hydrogens (tertiary/aromatic N) is 2. The van der Waals surface area contributed by atoms with Crippen LogP contribution < -0.4 is 0 Å². The molecular weight excluding hydrogens is 380 g/mol. The normalized spacial score (nSPS) is 17.7. The zero-order chi connectivity index (χ0) is 21.8. The molecule has 1 heterocycles. The van der Waals surface area contributed by atoms with Crippen LogP contribution in [0.2, 0.25) is 0 Å². The summed E-state index contributed by atoms with van der Waals surface area (Å²) in [6.45, 7) is 6.00. The Bertz CT molecular complexity index is 909. The average molecular weight is 408 g/mol. The fourth-order valence-electron chi connectivity index (χ4n) is 3.81. The first-order chi connectivity index (χ1) is 14.3. The lowest BCUT2D eigenvalue weighted by Crippen LogP contribution is -2.46. The lowest BCUT2D eigenvalue weighted by atomic mass is 10.0. The molecule has 1 fully saturated rings. The van der Waals surface area contributed by atoms with Crippen LogP contribution in [0.1, 0.15) is 37.0 Å². The highest BCUT2D eigenvalue weighted by Crippen LogP contribution is 2.28. The van der Waals surface area contributed by atoms with Crippen molar-refractivity contribution in [1.82, 2.24) is 9.80 Å². The zero-order valence-electron chi connectivity index (χ0n) is 17.6. The van der Waals surface area contributed by atoms with Gasteiger partial charge >= 0.3 is 12.0 Å². The van der Waals surface area contributed by atoms with Gasteiger partial charge in [-0.05, 0) is 30.4 Å². The maximum Gasteiger partial charge on any atom is 0.328 e. The number of amides is 3. The summed E-state index contributed by atoms with van der Waals surface area (Å²) in [6.07, 6.45) is 0.574. The lowest BCUT2D eigenvalue weighted by Gasteiger charge is -2.24. The van der Waals surface area contributed by atoms with E-state index in [0.717, 1.165) is 21.6 Å². The van der Waals surface area contributed by atoms with Crippen LogP contribution in [0.15, 0.2) is 54.6 Å². The molecule has 0 spiro atoms. The molecule has 2 aromatic rings. The van der Waals surface area contributed by atoms with Gasteiger partial charge in [-0.25, -0.2) is 14.5 Å². The van der Waals surface area contributed by atoms with Gasteiger partial charge in [-0.2, -0.15) is 0 Å². The minimum absolute atomic E-state index is 0.0328.